The Kier molecular flexibility index (Phi) is 5.02. The van der Waals surface area contributed by atoms with Crippen molar-refractivity contribution in [3.05, 3.63) is 16.0 Å². The summed E-state index contributed by atoms with van der Waals surface area (Å²) in [6, 6.07) is 0. The van der Waals surface area contributed by atoms with Gasteiger partial charge in [-0.1, -0.05) is 0 Å². The van der Waals surface area contributed by atoms with Crippen molar-refractivity contribution in [3.8, 4) is 0 Å². The number of nitrogens with one attached hydrogen (secondary N) is 2. The van der Waals surface area contributed by atoms with Crippen molar-refractivity contribution < 1.29 is 23.1 Å². The van der Waals surface area contributed by atoms with Gasteiger partial charge in [0.1, 0.15) is 4.21 Å². The normalized spacial score (nSPS) is 21.8. The Morgan fingerprint density at radius 3 is 3.00 bits per heavy atom. The molecule has 0 radical (unpaired) electrons. The first-order valence-corrected chi connectivity index (χ1v) is 9.95. The fourth-order valence-corrected chi connectivity index (χ4v) is 6.00. The predicted molar refractivity (Wildman–Crippen MR) is 85.4 cm³/mol. The summed E-state index contributed by atoms with van der Waals surface area (Å²) < 4.78 is 33.0. The lowest BCUT2D eigenvalue weighted by molar-refractivity contribution is 0.0567. The lowest BCUT2D eigenvalue weighted by atomic mass is 10.0. The van der Waals surface area contributed by atoms with E-state index in [1.807, 2.05) is 0 Å². The van der Waals surface area contributed by atoms with Crippen LogP contribution in [0, 0.1) is 5.92 Å². The molecule has 0 bridgehead atoms. The van der Waals surface area contributed by atoms with E-state index < -0.39 is 16.0 Å². The van der Waals surface area contributed by atoms with Crippen molar-refractivity contribution >= 4 is 27.3 Å². The molecule has 1 fully saturated rings. The molecule has 128 valence electrons. The van der Waals surface area contributed by atoms with E-state index in [0.29, 0.717) is 31.7 Å². The van der Waals surface area contributed by atoms with E-state index in [1.54, 1.807) is 0 Å². The number of thiophene rings is 1. The zero-order valence-electron chi connectivity index (χ0n) is 12.6. The number of hydrogen-bond acceptors (Lipinski definition) is 6. The monoisotopic (exact) mass is 360 g/mol. The molecule has 2 aliphatic heterocycles. The molecular weight excluding hydrogens is 340 g/mol. The molecule has 7 nitrogen and oxygen atoms in total. The van der Waals surface area contributed by atoms with Gasteiger partial charge in [0.05, 0.1) is 12.2 Å². The highest BCUT2D eigenvalue weighted by molar-refractivity contribution is 7.91. The average Bonchev–Trinajstić information content (AvgIpc) is 2.95. The molecule has 0 amide bonds. The van der Waals surface area contributed by atoms with Crippen LogP contribution in [0.2, 0.25) is 0 Å². The predicted octanol–water partition coefficient (Wildman–Crippen LogP) is 0.797. The number of fused-ring (bicyclic) bond motifs is 1. The zero-order valence-corrected chi connectivity index (χ0v) is 14.3. The van der Waals surface area contributed by atoms with Gasteiger partial charge in [-0.3, -0.25) is 0 Å². The summed E-state index contributed by atoms with van der Waals surface area (Å²) in [7, 11) is -3.83. The van der Waals surface area contributed by atoms with Gasteiger partial charge in [0.2, 0.25) is 0 Å². The molecule has 1 aromatic heterocycles. The van der Waals surface area contributed by atoms with E-state index in [9.17, 15) is 18.3 Å². The molecule has 1 saturated heterocycles. The third-order valence-corrected chi connectivity index (χ3v) is 7.34. The minimum atomic E-state index is -3.83. The van der Waals surface area contributed by atoms with Gasteiger partial charge in [-0.15, -0.1) is 11.3 Å². The number of carboxylic acids is 1. The van der Waals surface area contributed by atoms with Gasteiger partial charge in [0.25, 0.3) is 10.0 Å². The van der Waals surface area contributed by atoms with Crippen LogP contribution in [0.4, 0.5) is 0 Å². The van der Waals surface area contributed by atoms with Gasteiger partial charge in [0, 0.05) is 24.6 Å². The first-order chi connectivity index (χ1) is 11.0. The maximum Gasteiger partial charge on any atom is 0.338 e. The molecule has 1 aromatic rings. The van der Waals surface area contributed by atoms with Crippen LogP contribution in [0.3, 0.4) is 0 Å². The quantitative estimate of drug-likeness (QED) is 0.717. The molecule has 0 saturated carbocycles. The molecule has 0 aromatic carbocycles. The second-order valence-electron chi connectivity index (χ2n) is 5.83. The molecule has 3 N–H and O–H groups in total. The largest absolute Gasteiger partial charge is 0.478 e. The number of rotatable bonds is 5. The van der Waals surface area contributed by atoms with Gasteiger partial charge in [-0.2, -0.15) is 0 Å². The molecular formula is C14H20N2O5S2. The Balaban J connectivity index is 1.84. The smallest absolute Gasteiger partial charge is 0.338 e. The Labute approximate surface area is 139 Å². The van der Waals surface area contributed by atoms with Crippen molar-refractivity contribution in [1.29, 1.82) is 0 Å². The first-order valence-electron chi connectivity index (χ1n) is 7.65. The van der Waals surface area contributed by atoms with Crippen LogP contribution in [0.1, 0.15) is 33.6 Å². The molecule has 0 aliphatic carbocycles. The van der Waals surface area contributed by atoms with Crippen molar-refractivity contribution in [1.82, 2.24) is 10.0 Å². The summed E-state index contributed by atoms with van der Waals surface area (Å²) >= 11 is 1.06. The number of sulfonamides is 1. The summed E-state index contributed by atoms with van der Waals surface area (Å²) in [6.45, 7) is 2.72. The topological polar surface area (TPSA) is 105 Å². The SMILES string of the molecule is O=C(O)c1c(S(=O)(=O)NCC2CCCOC2)sc2c1CCNC2. The highest BCUT2D eigenvalue weighted by Crippen LogP contribution is 2.34. The van der Waals surface area contributed by atoms with Gasteiger partial charge >= 0.3 is 5.97 Å². The highest BCUT2D eigenvalue weighted by Gasteiger charge is 2.32. The van der Waals surface area contributed by atoms with Crippen LogP contribution in [0.5, 0.6) is 0 Å². The number of aromatic carboxylic acids is 1. The van der Waals surface area contributed by atoms with Crippen molar-refractivity contribution in [2.24, 2.45) is 5.92 Å². The number of hydrogen-bond donors (Lipinski definition) is 3. The molecule has 1 unspecified atom stereocenters. The first kappa shape index (κ1) is 16.8. The molecule has 1 atom stereocenters. The summed E-state index contributed by atoms with van der Waals surface area (Å²) in [5.74, 6) is -1.03. The maximum absolute atomic E-state index is 12.6. The molecule has 2 aliphatic rings. The Morgan fingerprint density at radius 1 is 1.48 bits per heavy atom. The van der Waals surface area contributed by atoms with E-state index in [4.69, 9.17) is 4.74 Å². The van der Waals surface area contributed by atoms with Gasteiger partial charge in [-0.25, -0.2) is 17.9 Å². The van der Waals surface area contributed by atoms with Crippen LogP contribution >= 0.6 is 11.3 Å². The zero-order chi connectivity index (χ0) is 16.4. The molecule has 9 heteroatoms. The summed E-state index contributed by atoms with van der Waals surface area (Å²) in [4.78, 5) is 12.4. The second kappa shape index (κ2) is 6.86. The standard InChI is InChI=1S/C14H20N2O5S2/c17-13(18)12-10-3-4-15-7-11(10)22-14(12)23(19,20)16-6-9-2-1-5-21-8-9/h9,15-16H,1-8H2,(H,17,18). The van der Waals surface area contributed by atoms with Crippen molar-refractivity contribution in [2.75, 3.05) is 26.3 Å². The van der Waals surface area contributed by atoms with Crippen LogP contribution in [0.25, 0.3) is 0 Å². The van der Waals surface area contributed by atoms with Crippen LogP contribution < -0.4 is 10.0 Å². The summed E-state index contributed by atoms with van der Waals surface area (Å²) in [5, 5.41) is 12.6. The van der Waals surface area contributed by atoms with Gasteiger partial charge < -0.3 is 15.2 Å². The number of carboxylic acid groups (broad SMARTS) is 1. The Morgan fingerprint density at radius 2 is 2.30 bits per heavy atom. The van der Waals surface area contributed by atoms with Crippen molar-refractivity contribution in [3.63, 3.8) is 0 Å². The highest BCUT2D eigenvalue weighted by atomic mass is 32.2. The fourth-order valence-electron chi connectivity index (χ4n) is 2.98. The lowest BCUT2D eigenvalue weighted by Gasteiger charge is -2.22. The van der Waals surface area contributed by atoms with Gasteiger partial charge in [0.15, 0.2) is 0 Å². The van der Waals surface area contributed by atoms with Crippen LogP contribution in [0.15, 0.2) is 4.21 Å². The van der Waals surface area contributed by atoms with E-state index in [1.165, 1.54) is 0 Å². The third kappa shape index (κ3) is 3.58. The number of carbonyl (C=O) groups is 1. The van der Waals surface area contributed by atoms with Gasteiger partial charge in [-0.05, 0) is 37.3 Å². The van der Waals surface area contributed by atoms with Crippen LogP contribution in [-0.4, -0.2) is 45.8 Å². The third-order valence-electron chi connectivity index (χ3n) is 4.17. The molecule has 0 spiro atoms. The Hall–Kier alpha value is -1.00. The fraction of sp³-hybridized carbons (Fsp3) is 0.643. The van der Waals surface area contributed by atoms with Crippen molar-refractivity contribution in [2.45, 2.75) is 30.0 Å². The molecule has 3 heterocycles. The van der Waals surface area contributed by atoms with E-state index in [-0.39, 0.29) is 22.2 Å². The van der Waals surface area contributed by atoms with E-state index in [0.717, 1.165) is 35.7 Å². The minimum Gasteiger partial charge on any atom is -0.478 e. The van der Waals surface area contributed by atoms with Crippen LogP contribution in [-0.2, 0) is 27.7 Å². The average molecular weight is 360 g/mol. The molecule has 23 heavy (non-hydrogen) atoms. The summed E-state index contributed by atoms with van der Waals surface area (Å²) in [5.41, 5.74) is 0.599. The maximum atomic E-state index is 12.6. The number of ether oxygens (including phenoxy) is 1. The molecule has 3 rings (SSSR count). The van der Waals surface area contributed by atoms with E-state index in [2.05, 4.69) is 10.0 Å². The second-order valence-corrected chi connectivity index (χ2v) is 8.90. The Bertz CT molecular complexity index is 692. The summed E-state index contributed by atoms with van der Waals surface area (Å²) in [6.07, 6.45) is 2.38. The van der Waals surface area contributed by atoms with E-state index >= 15 is 0 Å². The minimum absolute atomic E-state index is 0.0566. The lowest BCUT2D eigenvalue weighted by Crippen LogP contribution is -2.33.